The quantitative estimate of drug-likeness (QED) is 0.424. The van der Waals surface area contributed by atoms with E-state index in [1.165, 1.54) is 0 Å². The minimum Gasteiger partial charge on any atom is -0.550 e. The van der Waals surface area contributed by atoms with E-state index in [1.807, 2.05) is 0 Å². The van der Waals surface area contributed by atoms with Gasteiger partial charge in [-0.05, 0) is 20.8 Å². The molecule has 0 saturated heterocycles. The Morgan fingerprint density at radius 2 is 0.714 bits per heavy atom. The van der Waals surface area contributed by atoms with Gasteiger partial charge < -0.3 is 35.2 Å². The first-order valence-electron chi connectivity index (χ1n) is 2.72. The third-order valence-electron chi connectivity index (χ3n) is 0. The summed E-state index contributed by atoms with van der Waals surface area (Å²) in [4.78, 5) is 26.7. The van der Waals surface area contributed by atoms with Gasteiger partial charge in [-0.25, -0.2) is 0 Å². The Kier molecular flexibility index (Phi) is 47.4. The number of rotatable bonds is 0. The summed E-state index contributed by atoms with van der Waals surface area (Å²) >= 11 is 0. The van der Waals surface area contributed by atoms with Gasteiger partial charge >= 0.3 is 16.8 Å². The van der Waals surface area contributed by atoms with Gasteiger partial charge in [-0.2, -0.15) is 0 Å². The van der Waals surface area contributed by atoms with Gasteiger partial charge in [-0.15, -0.1) is 0 Å². The van der Waals surface area contributed by atoms with E-state index < -0.39 is 17.9 Å². The summed E-state index contributed by atoms with van der Waals surface area (Å²) in [5, 5.41) is 26.7. The molecule has 0 aliphatic carbocycles. The SMILES string of the molecule is CC(=O)[O-].CC(=O)[O-].CC(=O)[O-].O.[Co+3]. The molecule has 0 aromatic heterocycles. The van der Waals surface area contributed by atoms with Gasteiger partial charge in [0.05, 0.1) is 0 Å². The molecule has 0 fully saturated rings. The van der Waals surface area contributed by atoms with E-state index in [0.29, 0.717) is 0 Å². The molecule has 0 aromatic rings. The molecule has 0 amide bonds. The maximum absolute atomic E-state index is 8.89. The van der Waals surface area contributed by atoms with Crippen molar-refractivity contribution in [1.82, 2.24) is 0 Å². The summed E-state index contributed by atoms with van der Waals surface area (Å²) in [6, 6.07) is 0. The molecular weight excluding hydrogens is 243 g/mol. The van der Waals surface area contributed by atoms with Crippen molar-refractivity contribution in [2.75, 3.05) is 0 Å². The van der Waals surface area contributed by atoms with Crippen molar-refractivity contribution in [3.05, 3.63) is 0 Å². The molecule has 0 bridgehead atoms. The number of carboxylic acid groups (broad SMARTS) is 3. The number of aliphatic carboxylic acids is 3. The molecule has 14 heavy (non-hydrogen) atoms. The average molecular weight is 254 g/mol. The standard InChI is InChI=1S/3C2H4O2.Co.H2O/c3*1-2(3)4;;/h3*1H3,(H,3,4);;1H2/q;;;+3;/p-3. The van der Waals surface area contributed by atoms with Gasteiger partial charge in [-0.1, -0.05) is 0 Å². The molecule has 2 N–H and O–H groups in total. The molecular formula is C6H11CoO7. The van der Waals surface area contributed by atoms with E-state index in [0.717, 1.165) is 20.8 Å². The van der Waals surface area contributed by atoms with E-state index in [2.05, 4.69) is 0 Å². The number of carbonyl (C=O) groups excluding carboxylic acids is 3. The van der Waals surface area contributed by atoms with Crippen LogP contribution in [0.2, 0.25) is 0 Å². The largest absolute Gasteiger partial charge is 3.00 e. The van der Waals surface area contributed by atoms with Crippen LogP contribution in [0.4, 0.5) is 0 Å². The van der Waals surface area contributed by atoms with E-state index in [-0.39, 0.29) is 22.3 Å². The number of carbonyl (C=O) groups is 3. The third kappa shape index (κ3) is 841. The van der Waals surface area contributed by atoms with Crippen molar-refractivity contribution in [2.24, 2.45) is 0 Å². The smallest absolute Gasteiger partial charge is 0.550 e. The fraction of sp³-hybridized carbons (Fsp3) is 0.500. The number of hydrogen-bond acceptors (Lipinski definition) is 6. The van der Waals surface area contributed by atoms with Crippen LogP contribution in [0.15, 0.2) is 0 Å². The van der Waals surface area contributed by atoms with Crippen LogP contribution < -0.4 is 15.3 Å². The van der Waals surface area contributed by atoms with Gasteiger partial charge in [-0.3, -0.25) is 0 Å². The van der Waals surface area contributed by atoms with Crippen LogP contribution in [0, 0.1) is 0 Å². The van der Waals surface area contributed by atoms with Crippen LogP contribution in [0.1, 0.15) is 20.8 Å². The Labute approximate surface area is 91.2 Å². The molecule has 0 aromatic carbocycles. The first kappa shape index (κ1) is 29.3. The van der Waals surface area contributed by atoms with Gasteiger partial charge in [0, 0.05) is 17.9 Å². The fourth-order valence-corrected chi connectivity index (χ4v) is 0. The first-order valence-corrected chi connectivity index (χ1v) is 2.72. The summed E-state index contributed by atoms with van der Waals surface area (Å²) in [6.07, 6.45) is 0. The predicted octanol–water partition coefficient (Wildman–Crippen LogP) is -4.56. The summed E-state index contributed by atoms with van der Waals surface area (Å²) < 4.78 is 0. The van der Waals surface area contributed by atoms with Crippen molar-refractivity contribution >= 4 is 17.9 Å². The monoisotopic (exact) mass is 254 g/mol. The molecule has 7 nitrogen and oxygen atoms in total. The minimum absolute atomic E-state index is 0. The molecule has 86 valence electrons. The van der Waals surface area contributed by atoms with E-state index in [4.69, 9.17) is 29.7 Å². The zero-order chi connectivity index (χ0) is 10.7. The molecule has 0 aliphatic rings. The minimum atomic E-state index is -1.08. The van der Waals surface area contributed by atoms with Crippen molar-refractivity contribution < 1.29 is 52.0 Å². The summed E-state index contributed by atoms with van der Waals surface area (Å²) in [5.41, 5.74) is 0. The molecule has 0 atom stereocenters. The van der Waals surface area contributed by atoms with Crippen molar-refractivity contribution in [3.8, 4) is 0 Å². The topological polar surface area (TPSA) is 152 Å². The van der Waals surface area contributed by atoms with Crippen LogP contribution in [-0.2, 0) is 31.2 Å². The molecule has 0 saturated carbocycles. The van der Waals surface area contributed by atoms with Crippen LogP contribution in [0.25, 0.3) is 0 Å². The third-order valence-corrected chi connectivity index (χ3v) is 0. The average Bonchev–Trinajstić information content (AvgIpc) is 1.54. The Morgan fingerprint density at radius 3 is 0.714 bits per heavy atom. The normalized spacial score (nSPS) is 5.36. The Morgan fingerprint density at radius 1 is 0.714 bits per heavy atom. The molecule has 0 heterocycles. The number of carboxylic acids is 3. The molecule has 0 spiro atoms. The van der Waals surface area contributed by atoms with E-state index >= 15 is 0 Å². The van der Waals surface area contributed by atoms with Crippen LogP contribution in [0.5, 0.6) is 0 Å². The molecule has 0 aliphatic heterocycles. The predicted molar refractivity (Wildman–Crippen MR) is 35.7 cm³/mol. The van der Waals surface area contributed by atoms with Crippen LogP contribution >= 0.6 is 0 Å². The Bertz CT molecular complexity index is 116. The van der Waals surface area contributed by atoms with Gasteiger partial charge in [0.1, 0.15) is 0 Å². The Hall–Kier alpha value is -1.12. The second-order valence-corrected chi connectivity index (χ2v) is 1.47. The summed E-state index contributed by atoms with van der Waals surface area (Å²) in [7, 11) is 0. The van der Waals surface area contributed by atoms with Crippen LogP contribution in [0.3, 0.4) is 0 Å². The second-order valence-electron chi connectivity index (χ2n) is 1.47. The Balaban J connectivity index is -0.0000000270. The zero-order valence-electron chi connectivity index (χ0n) is 7.78. The summed E-state index contributed by atoms with van der Waals surface area (Å²) in [5.74, 6) is -3.25. The molecule has 0 radical (unpaired) electrons. The van der Waals surface area contributed by atoms with Crippen molar-refractivity contribution in [3.63, 3.8) is 0 Å². The van der Waals surface area contributed by atoms with Gasteiger partial charge in [0.15, 0.2) is 0 Å². The molecule has 0 unspecified atom stereocenters. The van der Waals surface area contributed by atoms with Crippen molar-refractivity contribution in [2.45, 2.75) is 20.8 Å². The maximum Gasteiger partial charge on any atom is 3.00 e. The first-order chi connectivity index (χ1) is 5.20. The molecule has 0 rings (SSSR count). The second kappa shape index (κ2) is 22.6. The fourth-order valence-electron chi connectivity index (χ4n) is 0. The van der Waals surface area contributed by atoms with E-state index in [1.54, 1.807) is 0 Å². The van der Waals surface area contributed by atoms with Gasteiger partial charge in [0.2, 0.25) is 0 Å². The van der Waals surface area contributed by atoms with Crippen molar-refractivity contribution in [1.29, 1.82) is 0 Å². The maximum atomic E-state index is 8.89. The number of hydrogen-bond donors (Lipinski definition) is 0. The molecule has 8 heteroatoms. The zero-order valence-corrected chi connectivity index (χ0v) is 8.82. The van der Waals surface area contributed by atoms with Gasteiger partial charge in [0.25, 0.3) is 0 Å². The van der Waals surface area contributed by atoms with E-state index in [9.17, 15) is 0 Å². The summed E-state index contributed by atoms with van der Waals surface area (Å²) in [6.45, 7) is 2.92. The van der Waals surface area contributed by atoms with Crippen LogP contribution in [-0.4, -0.2) is 23.4 Å².